The lowest BCUT2D eigenvalue weighted by Crippen LogP contribution is -2.39. The van der Waals surface area contributed by atoms with E-state index in [0.29, 0.717) is 4.47 Å². The maximum Gasteiger partial charge on any atom is 0.265 e. The molecule has 0 unspecified atom stereocenters. The van der Waals surface area contributed by atoms with E-state index in [0.717, 1.165) is 12.8 Å². The summed E-state index contributed by atoms with van der Waals surface area (Å²) in [6, 6.07) is 3.71. The summed E-state index contributed by atoms with van der Waals surface area (Å²) in [5, 5.41) is 3.00. The van der Waals surface area contributed by atoms with Crippen LogP contribution in [0.1, 0.15) is 32.1 Å². The van der Waals surface area contributed by atoms with Gasteiger partial charge >= 0.3 is 0 Å². The van der Waals surface area contributed by atoms with Crippen molar-refractivity contribution < 1.29 is 4.79 Å². The van der Waals surface area contributed by atoms with Gasteiger partial charge in [-0.1, -0.05) is 19.3 Å². The highest BCUT2D eigenvalue weighted by Gasteiger charge is 2.16. The Hall–Kier alpha value is -1.10. The SMILES string of the molecule is O=C(Cn1cccc(Br)c1=O)NC1CCCCC1. The van der Waals surface area contributed by atoms with Crippen molar-refractivity contribution in [3.8, 4) is 0 Å². The first kappa shape index (κ1) is 13.3. The number of nitrogens with one attached hydrogen (secondary N) is 1. The van der Waals surface area contributed by atoms with E-state index in [2.05, 4.69) is 21.2 Å². The Morgan fingerprint density at radius 1 is 1.39 bits per heavy atom. The number of carbonyl (C=O) groups is 1. The van der Waals surface area contributed by atoms with Gasteiger partial charge in [-0.05, 0) is 40.9 Å². The molecule has 0 spiro atoms. The van der Waals surface area contributed by atoms with Gasteiger partial charge in [-0.3, -0.25) is 9.59 Å². The number of rotatable bonds is 3. The molecule has 5 heteroatoms. The topological polar surface area (TPSA) is 51.1 Å². The highest BCUT2D eigenvalue weighted by molar-refractivity contribution is 9.10. The second-order valence-corrected chi connectivity index (χ2v) is 5.55. The van der Waals surface area contributed by atoms with Crippen LogP contribution < -0.4 is 10.9 Å². The second-order valence-electron chi connectivity index (χ2n) is 4.69. The van der Waals surface area contributed by atoms with E-state index < -0.39 is 0 Å². The van der Waals surface area contributed by atoms with E-state index in [1.54, 1.807) is 18.3 Å². The lowest BCUT2D eigenvalue weighted by Gasteiger charge is -2.22. The van der Waals surface area contributed by atoms with E-state index in [9.17, 15) is 9.59 Å². The van der Waals surface area contributed by atoms with Crippen molar-refractivity contribution in [2.24, 2.45) is 0 Å². The molecule has 1 amide bonds. The maximum absolute atomic E-state index is 11.9. The van der Waals surface area contributed by atoms with Crippen LogP contribution in [0.25, 0.3) is 0 Å². The smallest absolute Gasteiger partial charge is 0.265 e. The van der Waals surface area contributed by atoms with Crippen LogP contribution in [0.15, 0.2) is 27.6 Å². The average molecular weight is 313 g/mol. The van der Waals surface area contributed by atoms with Crippen LogP contribution in [0, 0.1) is 0 Å². The molecule has 0 saturated heterocycles. The van der Waals surface area contributed by atoms with Gasteiger partial charge in [0, 0.05) is 12.2 Å². The number of carbonyl (C=O) groups excluding carboxylic acids is 1. The monoisotopic (exact) mass is 312 g/mol. The predicted molar refractivity (Wildman–Crippen MR) is 73.4 cm³/mol. The van der Waals surface area contributed by atoms with Gasteiger partial charge in [-0.15, -0.1) is 0 Å². The molecule has 98 valence electrons. The number of nitrogens with zero attached hydrogens (tertiary/aromatic N) is 1. The third-order valence-corrected chi connectivity index (χ3v) is 3.86. The molecular weight excluding hydrogens is 296 g/mol. The van der Waals surface area contributed by atoms with Crippen LogP contribution in [0.3, 0.4) is 0 Å². The zero-order valence-electron chi connectivity index (χ0n) is 10.2. The van der Waals surface area contributed by atoms with Crippen molar-refractivity contribution in [3.63, 3.8) is 0 Å². The van der Waals surface area contributed by atoms with Gasteiger partial charge < -0.3 is 9.88 Å². The summed E-state index contributed by atoms with van der Waals surface area (Å²) in [5.74, 6) is -0.0814. The van der Waals surface area contributed by atoms with E-state index in [1.165, 1.54) is 23.8 Å². The molecule has 0 radical (unpaired) electrons. The van der Waals surface area contributed by atoms with Gasteiger partial charge in [-0.25, -0.2) is 0 Å². The molecule has 0 bridgehead atoms. The molecule has 1 aliphatic carbocycles. The second kappa shape index (κ2) is 6.18. The largest absolute Gasteiger partial charge is 0.352 e. The quantitative estimate of drug-likeness (QED) is 0.929. The molecule has 0 aromatic carbocycles. The van der Waals surface area contributed by atoms with Crippen molar-refractivity contribution in [1.29, 1.82) is 0 Å². The predicted octanol–water partition coefficient (Wildman–Crippen LogP) is 2.06. The van der Waals surface area contributed by atoms with E-state index in [4.69, 9.17) is 0 Å². The summed E-state index contributed by atoms with van der Waals surface area (Å²) in [4.78, 5) is 23.6. The third-order valence-electron chi connectivity index (χ3n) is 3.26. The lowest BCUT2D eigenvalue weighted by molar-refractivity contribution is -0.122. The van der Waals surface area contributed by atoms with Crippen molar-refractivity contribution >= 4 is 21.8 Å². The average Bonchev–Trinajstić information content (AvgIpc) is 2.36. The van der Waals surface area contributed by atoms with Gasteiger partial charge in [0.05, 0.1) is 4.47 Å². The first-order chi connectivity index (χ1) is 8.66. The van der Waals surface area contributed by atoms with Crippen LogP contribution >= 0.6 is 15.9 Å². The highest BCUT2D eigenvalue weighted by Crippen LogP contribution is 2.17. The molecule has 4 nitrogen and oxygen atoms in total. The summed E-state index contributed by atoms with van der Waals surface area (Å²) in [5.41, 5.74) is -0.170. The van der Waals surface area contributed by atoms with Crippen molar-refractivity contribution in [2.75, 3.05) is 0 Å². The molecule has 0 atom stereocenters. The fourth-order valence-electron chi connectivity index (χ4n) is 2.31. The maximum atomic E-state index is 11.9. The van der Waals surface area contributed by atoms with Crippen LogP contribution in [-0.2, 0) is 11.3 Å². The Kier molecular flexibility index (Phi) is 4.58. The Bertz CT molecular complexity index is 478. The van der Waals surface area contributed by atoms with E-state index in [-0.39, 0.29) is 24.1 Å². The van der Waals surface area contributed by atoms with Gasteiger partial charge in [0.25, 0.3) is 5.56 Å². The van der Waals surface area contributed by atoms with Gasteiger partial charge in [-0.2, -0.15) is 0 Å². The fourth-order valence-corrected chi connectivity index (χ4v) is 2.69. The molecule has 1 heterocycles. The normalized spacial score (nSPS) is 16.5. The Balaban J connectivity index is 1.94. The summed E-state index contributed by atoms with van der Waals surface area (Å²) in [6.07, 6.45) is 7.37. The summed E-state index contributed by atoms with van der Waals surface area (Å²) in [6.45, 7) is 0.0920. The van der Waals surface area contributed by atoms with Crippen molar-refractivity contribution in [1.82, 2.24) is 9.88 Å². The summed E-state index contributed by atoms with van der Waals surface area (Å²) < 4.78 is 1.90. The lowest BCUT2D eigenvalue weighted by atomic mass is 9.95. The van der Waals surface area contributed by atoms with Crippen molar-refractivity contribution in [3.05, 3.63) is 33.2 Å². The fraction of sp³-hybridized carbons (Fsp3) is 0.538. The van der Waals surface area contributed by atoms with E-state index in [1.807, 2.05) is 0 Å². The number of hydrogen-bond acceptors (Lipinski definition) is 2. The van der Waals surface area contributed by atoms with Gasteiger partial charge in [0.2, 0.25) is 5.91 Å². The van der Waals surface area contributed by atoms with Gasteiger partial charge in [0.15, 0.2) is 0 Å². The van der Waals surface area contributed by atoms with E-state index >= 15 is 0 Å². The molecule has 1 aromatic rings. The summed E-state index contributed by atoms with van der Waals surface area (Å²) >= 11 is 3.17. The molecule has 1 fully saturated rings. The highest BCUT2D eigenvalue weighted by atomic mass is 79.9. The van der Waals surface area contributed by atoms with Crippen LogP contribution in [-0.4, -0.2) is 16.5 Å². The zero-order valence-corrected chi connectivity index (χ0v) is 11.8. The molecule has 0 aliphatic heterocycles. The first-order valence-electron chi connectivity index (χ1n) is 6.31. The Labute approximate surface area is 115 Å². The number of hydrogen-bond donors (Lipinski definition) is 1. The number of aromatic nitrogens is 1. The number of amides is 1. The van der Waals surface area contributed by atoms with Crippen molar-refractivity contribution in [2.45, 2.75) is 44.7 Å². The molecular formula is C13H17BrN2O2. The molecule has 1 aliphatic rings. The minimum Gasteiger partial charge on any atom is -0.352 e. The molecule has 1 N–H and O–H groups in total. The Morgan fingerprint density at radius 3 is 2.83 bits per heavy atom. The zero-order chi connectivity index (χ0) is 13.0. The number of halogens is 1. The molecule has 18 heavy (non-hydrogen) atoms. The first-order valence-corrected chi connectivity index (χ1v) is 7.10. The molecule has 1 saturated carbocycles. The van der Waals surface area contributed by atoms with Gasteiger partial charge in [0.1, 0.15) is 6.54 Å². The molecule has 1 aromatic heterocycles. The minimum absolute atomic E-state index is 0.0814. The van der Waals surface area contributed by atoms with Crippen LogP contribution in [0.5, 0.6) is 0 Å². The summed E-state index contributed by atoms with van der Waals surface area (Å²) in [7, 11) is 0. The third kappa shape index (κ3) is 3.45. The molecule has 2 rings (SSSR count). The minimum atomic E-state index is -0.170. The van der Waals surface area contributed by atoms with Crippen LogP contribution in [0.4, 0.5) is 0 Å². The Morgan fingerprint density at radius 2 is 2.11 bits per heavy atom. The number of pyridine rings is 1. The van der Waals surface area contributed by atoms with Crippen LogP contribution in [0.2, 0.25) is 0 Å². The standard InChI is InChI=1S/C13H17BrN2O2/c14-11-7-4-8-16(13(11)18)9-12(17)15-10-5-2-1-3-6-10/h4,7-8,10H,1-3,5-6,9H2,(H,15,17).